The summed E-state index contributed by atoms with van der Waals surface area (Å²) in [5.74, 6) is 0. The lowest BCUT2D eigenvalue weighted by molar-refractivity contribution is 0.679. The second kappa shape index (κ2) is 6.00. The van der Waals surface area contributed by atoms with Gasteiger partial charge in [0.1, 0.15) is 0 Å². The van der Waals surface area contributed by atoms with Crippen LogP contribution in [-0.4, -0.2) is 4.98 Å². The van der Waals surface area contributed by atoms with Crippen molar-refractivity contribution in [1.29, 1.82) is 0 Å². The molecule has 1 heterocycles. The lowest BCUT2D eigenvalue weighted by Gasteiger charge is -2.24. The molecule has 4 rings (SSSR count). The number of fused-ring (bicyclic) bond motifs is 1. The molecular formula is C22H21N. The van der Waals surface area contributed by atoms with Crippen molar-refractivity contribution >= 4 is 0 Å². The molecule has 2 aromatic carbocycles. The number of hydrogen-bond acceptors (Lipinski definition) is 1. The molecule has 23 heavy (non-hydrogen) atoms. The first-order valence-electron chi connectivity index (χ1n) is 8.48. The largest absolute Gasteiger partial charge is 0.252 e. The number of aryl methyl sites for hydroxylation is 1. The SMILES string of the molecule is Cc1nc(-c2ccccc2)c(-c2ccccc2)c2c1CCCC2. The zero-order valence-corrected chi connectivity index (χ0v) is 13.5. The monoisotopic (exact) mass is 299 g/mol. The number of aromatic nitrogens is 1. The van der Waals surface area contributed by atoms with Crippen LogP contribution in [0.25, 0.3) is 22.4 Å². The van der Waals surface area contributed by atoms with E-state index < -0.39 is 0 Å². The summed E-state index contributed by atoms with van der Waals surface area (Å²) in [6, 6.07) is 21.4. The molecular weight excluding hydrogens is 278 g/mol. The lowest BCUT2D eigenvalue weighted by atomic mass is 9.83. The molecule has 1 aliphatic carbocycles. The van der Waals surface area contributed by atoms with Crippen LogP contribution in [0.4, 0.5) is 0 Å². The van der Waals surface area contributed by atoms with E-state index in [0.717, 1.165) is 5.69 Å². The molecule has 1 nitrogen and oxygen atoms in total. The average Bonchev–Trinajstić information content (AvgIpc) is 2.63. The van der Waals surface area contributed by atoms with Gasteiger partial charge in [-0.2, -0.15) is 0 Å². The molecule has 1 aromatic heterocycles. The Balaban J connectivity index is 2.04. The van der Waals surface area contributed by atoms with Crippen LogP contribution in [0.15, 0.2) is 60.7 Å². The van der Waals surface area contributed by atoms with Crippen LogP contribution < -0.4 is 0 Å². The van der Waals surface area contributed by atoms with Crippen LogP contribution in [0.3, 0.4) is 0 Å². The summed E-state index contributed by atoms with van der Waals surface area (Å²) in [6.07, 6.45) is 4.91. The van der Waals surface area contributed by atoms with E-state index in [2.05, 4.69) is 67.6 Å². The second-order valence-electron chi connectivity index (χ2n) is 6.32. The quantitative estimate of drug-likeness (QED) is 0.600. The summed E-state index contributed by atoms with van der Waals surface area (Å²) < 4.78 is 0. The van der Waals surface area contributed by atoms with Gasteiger partial charge >= 0.3 is 0 Å². The third kappa shape index (κ3) is 2.57. The van der Waals surface area contributed by atoms with Gasteiger partial charge < -0.3 is 0 Å². The van der Waals surface area contributed by atoms with E-state index in [0.29, 0.717) is 0 Å². The van der Waals surface area contributed by atoms with Crippen LogP contribution in [-0.2, 0) is 12.8 Å². The molecule has 0 fully saturated rings. The van der Waals surface area contributed by atoms with E-state index >= 15 is 0 Å². The van der Waals surface area contributed by atoms with Crippen LogP contribution in [0.1, 0.15) is 29.7 Å². The number of pyridine rings is 1. The normalized spacial score (nSPS) is 13.6. The Labute approximate surface area is 138 Å². The first-order chi connectivity index (χ1) is 11.3. The maximum Gasteiger partial charge on any atom is 0.0786 e. The fourth-order valence-corrected chi connectivity index (χ4v) is 3.74. The Bertz CT molecular complexity index is 820. The topological polar surface area (TPSA) is 12.9 Å². The van der Waals surface area contributed by atoms with E-state index in [9.17, 15) is 0 Å². The zero-order valence-electron chi connectivity index (χ0n) is 13.5. The highest BCUT2D eigenvalue weighted by Crippen LogP contribution is 2.39. The summed E-state index contributed by atoms with van der Waals surface area (Å²) in [5.41, 5.74) is 9.19. The molecule has 0 saturated heterocycles. The molecule has 3 aromatic rings. The van der Waals surface area contributed by atoms with Gasteiger partial charge in [0.2, 0.25) is 0 Å². The first kappa shape index (κ1) is 14.2. The van der Waals surface area contributed by atoms with Gasteiger partial charge in [-0.25, -0.2) is 0 Å². The summed E-state index contributed by atoms with van der Waals surface area (Å²) in [7, 11) is 0. The average molecular weight is 299 g/mol. The highest BCUT2D eigenvalue weighted by atomic mass is 14.7. The van der Waals surface area contributed by atoms with Crippen LogP contribution in [0.2, 0.25) is 0 Å². The van der Waals surface area contributed by atoms with Gasteiger partial charge in [-0.05, 0) is 49.3 Å². The minimum Gasteiger partial charge on any atom is -0.252 e. The van der Waals surface area contributed by atoms with Crippen LogP contribution in [0, 0.1) is 6.92 Å². The van der Waals surface area contributed by atoms with Gasteiger partial charge in [0, 0.05) is 16.8 Å². The van der Waals surface area contributed by atoms with Crippen molar-refractivity contribution in [2.75, 3.05) is 0 Å². The summed E-state index contributed by atoms with van der Waals surface area (Å²) >= 11 is 0. The molecule has 1 heteroatoms. The minimum atomic E-state index is 1.13. The van der Waals surface area contributed by atoms with Crippen molar-refractivity contribution in [2.24, 2.45) is 0 Å². The van der Waals surface area contributed by atoms with Crippen molar-refractivity contribution in [3.63, 3.8) is 0 Å². The molecule has 1 aliphatic rings. The number of rotatable bonds is 2. The van der Waals surface area contributed by atoms with Crippen molar-refractivity contribution in [2.45, 2.75) is 32.6 Å². The highest BCUT2D eigenvalue weighted by molar-refractivity contribution is 5.84. The second-order valence-corrected chi connectivity index (χ2v) is 6.32. The van der Waals surface area contributed by atoms with Gasteiger partial charge in [0.15, 0.2) is 0 Å². The van der Waals surface area contributed by atoms with Crippen LogP contribution in [0.5, 0.6) is 0 Å². The minimum absolute atomic E-state index is 1.13. The third-order valence-electron chi connectivity index (χ3n) is 4.83. The van der Waals surface area contributed by atoms with Gasteiger partial charge in [-0.3, -0.25) is 4.98 Å². The Kier molecular flexibility index (Phi) is 3.70. The Morgan fingerprint density at radius 1 is 0.696 bits per heavy atom. The highest BCUT2D eigenvalue weighted by Gasteiger charge is 2.21. The smallest absolute Gasteiger partial charge is 0.0786 e. The molecule has 0 atom stereocenters. The maximum atomic E-state index is 5.03. The fraction of sp³-hybridized carbons (Fsp3) is 0.227. The molecule has 0 amide bonds. The molecule has 114 valence electrons. The predicted molar refractivity (Wildman–Crippen MR) is 96.5 cm³/mol. The third-order valence-corrected chi connectivity index (χ3v) is 4.83. The summed E-state index contributed by atoms with van der Waals surface area (Å²) in [4.78, 5) is 5.03. The number of nitrogens with zero attached hydrogens (tertiary/aromatic N) is 1. The van der Waals surface area contributed by atoms with Crippen molar-refractivity contribution in [3.05, 3.63) is 77.5 Å². The Morgan fingerprint density at radius 2 is 1.26 bits per heavy atom. The van der Waals surface area contributed by atoms with Gasteiger partial charge in [-0.1, -0.05) is 60.7 Å². The summed E-state index contributed by atoms with van der Waals surface area (Å²) in [6.45, 7) is 2.17. The van der Waals surface area contributed by atoms with Gasteiger partial charge in [0.05, 0.1) is 5.69 Å². The molecule has 0 radical (unpaired) electrons. The number of hydrogen-bond donors (Lipinski definition) is 0. The van der Waals surface area contributed by atoms with Gasteiger partial charge in [0.25, 0.3) is 0 Å². The number of benzene rings is 2. The molecule has 0 bridgehead atoms. The first-order valence-corrected chi connectivity index (χ1v) is 8.48. The van der Waals surface area contributed by atoms with E-state index in [1.54, 1.807) is 0 Å². The van der Waals surface area contributed by atoms with Crippen LogP contribution >= 0.6 is 0 Å². The summed E-state index contributed by atoms with van der Waals surface area (Å²) in [5, 5.41) is 0. The fourth-order valence-electron chi connectivity index (χ4n) is 3.74. The predicted octanol–water partition coefficient (Wildman–Crippen LogP) is 5.60. The van der Waals surface area contributed by atoms with Crippen molar-refractivity contribution < 1.29 is 0 Å². The van der Waals surface area contributed by atoms with Crippen molar-refractivity contribution in [1.82, 2.24) is 4.98 Å². The maximum absolute atomic E-state index is 5.03. The lowest BCUT2D eigenvalue weighted by Crippen LogP contribution is -2.10. The molecule has 0 N–H and O–H groups in total. The van der Waals surface area contributed by atoms with E-state index in [1.807, 2.05) is 0 Å². The van der Waals surface area contributed by atoms with E-state index in [-0.39, 0.29) is 0 Å². The zero-order chi connectivity index (χ0) is 15.6. The molecule has 0 unspecified atom stereocenters. The standard InChI is InChI=1S/C22H21N/c1-16-19-14-8-9-15-20(19)21(17-10-4-2-5-11-17)22(23-16)18-12-6-3-7-13-18/h2-7,10-13H,8-9,14-15H2,1H3. The van der Waals surface area contributed by atoms with E-state index in [1.165, 1.54) is 59.2 Å². The Morgan fingerprint density at radius 3 is 1.91 bits per heavy atom. The molecule has 0 aliphatic heterocycles. The van der Waals surface area contributed by atoms with Gasteiger partial charge in [-0.15, -0.1) is 0 Å². The van der Waals surface area contributed by atoms with E-state index in [4.69, 9.17) is 4.98 Å². The Hall–Kier alpha value is -2.41. The molecule has 0 saturated carbocycles. The molecule has 0 spiro atoms. The van der Waals surface area contributed by atoms with Crippen molar-refractivity contribution in [3.8, 4) is 22.4 Å².